The molecule has 2 aromatic rings. The first-order valence-electron chi connectivity index (χ1n) is 6.10. The van der Waals surface area contributed by atoms with Gasteiger partial charge in [-0.15, -0.1) is 0 Å². The van der Waals surface area contributed by atoms with Crippen LogP contribution < -0.4 is 0 Å². The van der Waals surface area contributed by atoms with Gasteiger partial charge in [0.25, 0.3) is 0 Å². The van der Waals surface area contributed by atoms with E-state index in [0.717, 1.165) is 26.2 Å². The minimum Gasteiger partial charge on any atom is -0.291 e. The van der Waals surface area contributed by atoms with E-state index in [4.69, 9.17) is 0 Å². The second-order valence-electron chi connectivity index (χ2n) is 4.74. The van der Waals surface area contributed by atoms with Gasteiger partial charge in [-0.1, -0.05) is 29.8 Å². The lowest BCUT2D eigenvalue weighted by Gasteiger charge is -2.27. The molecule has 1 aromatic carbocycles. The van der Waals surface area contributed by atoms with Crippen molar-refractivity contribution in [3.8, 4) is 0 Å². The molecule has 0 saturated carbocycles. The maximum Gasteiger partial charge on any atom is 0.0540 e. The predicted molar refractivity (Wildman–Crippen MR) is 67.5 cm³/mol. The molecule has 0 N–H and O–H groups in total. The largest absolute Gasteiger partial charge is 0.291 e. The molecule has 2 heterocycles. The first-order valence-corrected chi connectivity index (χ1v) is 6.10. The standard InChI is InChI=1S/C14H17N3/c1-12-2-4-13(5-3-12)10-16-8-9-17-14(11-16)6-7-15-17/h2-7H,8-11H2,1H3. The quantitative estimate of drug-likeness (QED) is 0.784. The summed E-state index contributed by atoms with van der Waals surface area (Å²) in [7, 11) is 0. The van der Waals surface area contributed by atoms with Crippen LogP contribution in [0.25, 0.3) is 0 Å². The molecule has 0 unspecified atom stereocenters. The van der Waals surface area contributed by atoms with E-state index in [9.17, 15) is 0 Å². The fourth-order valence-corrected chi connectivity index (χ4v) is 2.33. The van der Waals surface area contributed by atoms with Crippen LogP contribution in [-0.2, 0) is 19.6 Å². The van der Waals surface area contributed by atoms with E-state index in [1.165, 1.54) is 16.8 Å². The number of hydrogen-bond donors (Lipinski definition) is 0. The molecule has 0 spiro atoms. The van der Waals surface area contributed by atoms with Gasteiger partial charge >= 0.3 is 0 Å². The van der Waals surface area contributed by atoms with Crippen molar-refractivity contribution in [2.45, 2.75) is 26.6 Å². The first kappa shape index (κ1) is 10.5. The number of aryl methyl sites for hydroxylation is 1. The summed E-state index contributed by atoms with van der Waals surface area (Å²) in [5, 5.41) is 4.30. The van der Waals surface area contributed by atoms with Gasteiger partial charge in [0.05, 0.1) is 12.2 Å². The van der Waals surface area contributed by atoms with Crippen molar-refractivity contribution in [3.63, 3.8) is 0 Å². The second-order valence-corrected chi connectivity index (χ2v) is 4.74. The van der Waals surface area contributed by atoms with Gasteiger partial charge in [0, 0.05) is 25.8 Å². The number of benzene rings is 1. The third-order valence-electron chi connectivity index (χ3n) is 3.34. The molecule has 3 rings (SSSR count). The van der Waals surface area contributed by atoms with Crippen molar-refractivity contribution in [1.29, 1.82) is 0 Å². The zero-order chi connectivity index (χ0) is 11.7. The number of rotatable bonds is 2. The molecule has 3 nitrogen and oxygen atoms in total. The van der Waals surface area contributed by atoms with Gasteiger partial charge in [0.15, 0.2) is 0 Å². The van der Waals surface area contributed by atoms with Crippen LogP contribution in [0.5, 0.6) is 0 Å². The van der Waals surface area contributed by atoms with Crippen molar-refractivity contribution in [1.82, 2.24) is 14.7 Å². The number of fused-ring (bicyclic) bond motifs is 1. The van der Waals surface area contributed by atoms with Crippen LogP contribution in [0.3, 0.4) is 0 Å². The summed E-state index contributed by atoms with van der Waals surface area (Å²) in [5.41, 5.74) is 4.04. The summed E-state index contributed by atoms with van der Waals surface area (Å²) >= 11 is 0. The Balaban J connectivity index is 1.69. The van der Waals surface area contributed by atoms with E-state index >= 15 is 0 Å². The fourth-order valence-electron chi connectivity index (χ4n) is 2.33. The molecule has 1 aliphatic rings. The second kappa shape index (κ2) is 4.34. The Bertz CT molecular complexity index is 498. The van der Waals surface area contributed by atoms with Crippen LogP contribution in [-0.4, -0.2) is 21.2 Å². The predicted octanol–water partition coefficient (Wildman–Crippen LogP) is 2.21. The lowest BCUT2D eigenvalue weighted by Crippen LogP contribution is -2.33. The highest BCUT2D eigenvalue weighted by Gasteiger charge is 2.15. The first-order chi connectivity index (χ1) is 8.31. The lowest BCUT2D eigenvalue weighted by molar-refractivity contribution is 0.205. The molecule has 17 heavy (non-hydrogen) atoms. The molecule has 0 fully saturated rings. The van der Waals surface area contributed by atoms with E-state index < -0.39 is 0 Å². The maximum atomic E-state index is 4.30. The molecule has 0 atom stereocenters. The van der Waals surface area contributed by atoms with Crippen LogP contribution in [0.2, 0.25) is 0 Å². The van der Waals surface area contributed by atoms with Gasteiger partial charge in [-0.05, 0) is 18.6 Å². The van der Waals surface area contributed by atoms with Gasteiger partial charge < -0.3 is 0 Å². The highest BCUT2D eigenvalue weighted by Crippen LogP contribution is 2.14. The number of aromatic nitrogens is 2. The molecule has 1 aromatic heterocycles. The molecular formula is C14H17N3. The molecule has 0 aliphatic carbocycles. The Morgan fingerprint density at radius 1 is 1.12 bits per heavy atom. The topological polar surface area (TPSA) is 21.1 Å². The normalized spacial score (nSPS) is 15.8. The average molecular weight is 227 g/mol. The summed E-state index contributed by atoms with van der Waals surface area (Å²) in [6, 6.07) is 10.9. The van der Waals surface area contributed by atoms with Crippen molar-refractivity contribution in [3.05, 3.63) is 53.3 Å². The highest BCUT2D eigenvalue weighted by atomic mass is 15.3. The minimum absolute atomic E-state index is 1.01. The summed E-state index contributed by atoms with van der Waals surface area (Å²) in [6.07, 6.45) is 1.89. The third kappa shape index (κ3) is 2.24. The monoisotopic (exact) mass is 227 g/mol. The number of hydrogen-bond acceptors (Lipinski definition) is 2. The van der Waals surface area contributed by atoms with Gasteiger partial charge in [-0.2, -0.15) is 5.10 Å². The SMILES string of the molecule is Cc1ccc(CN2CCn3nccc3C2)cc1. The van der Waals surface area contributed by atoms with Crippen LogP contribution in [0, 0.1) is 6.92 Å². The van der Waals surface area contributed by atoms with Crippen molar-refractivity contribution >= 4 is 0 Å². The molecule has 88 valence electrons. The molecular weight excluding hydrogens is 210 g/mol. The molecule has 0 amide bonds. The minimum atomic E-state index is 1.01. The summed E-state index contributed by atoms with van der Waals surface area (Å²) in [4.78, 5) is 2.47. The van der Waals surface area contributed by atoms with E-state index in [2.05, 4.69) is 51.9 Å². The number of nitrogens with zero attached hydrogens (tertiary/aromatic N) is 3. The Labute approximate surface area is 102 Å². The van der Waals surface area contributed by atoms with Crippen molar-refractivity contribution in [2.75, 3.05) is 6.54 Å². The lowest BCUT2D eigenvalue weighted by atomic mass is 10.1. The van der Waals surface area contributed by atoms with Gasteiger partial charge in [-0.25, -0.2) is 0 Å². The van der Waals surface area contributed by atoms with Crippen LogP contribution in [0.1, 0.15) is 16.8 Å². The zero-order valence-electron chi connectivity index (χ0n) is 10.1. The van der Waals surface area contributed by atoms with Crippen molar-refractivity contribution in [2.24, 2.45) is 0 Å². The van der Waals surface area contributed by atoms with E-state index in [1.54, 1.807) is 0 Å². The summed E-state index contributed by atoms with van der Waals surface area (Å²) in [6.45, 7) is 6.26. The van der Waals surface area contributed by atoms with Gasteiger partial charge in [-0.3, -0.25) is 9.58 Å². The highest BCUT2D eigenvalue weighted by molar-refractivity contribution is 5.21. The van der Waals surface area contributed by atoms with Gasteiger partial charge in [0.2, 0.25) is 0 Å². The molecule has 1 aliphatic heterocycles. The Hall–Kier alpha value is -1.61. The van der Waals surface area contributed by atoms with E-state index in [-0.39, 0.29) is 0 Å². The molecule has 0 bridgehead atoms. The van der Waals surface area contributed by atoms with Crippen molar-refractivity contribution < 1.29 is 0 Å². The zero-order valence-corrected chi connectivity index (χ0v) is 10.1. The van der Waals surface area contributed by atoms with Crippen LogP contribution >= 0.6 is 0 Å². The Morgan fingerprint density at radius 2 is 1.94 bits per heavy atom. The Kier molecular flexibility index (Phi) is 2.69. The molecule has 0 saturated heterocycles. The molecule has 3 heteroatoms. The average Bonchev–Trinajstić information content (AvgIpc) is 2.79. The van der Waals surface area contributed by atoms with Crippen LogP contribution in [0.4, 0.5) is 0 Å². The maximum absolute atomic E-state index is 4.30. The van der Waals surface area contributed by atoms with E-state index in [0.29, 0.717) is 0 Å². The van der Waals surface area contributed by atoms with Gasteiger partial charge in [0.1, 0.15) is 0 Å². The van der Waals surface area contributed by atoms with E-state index in [1.807, 2.05) is 6.20 Å². The molecule has 0 radical (unpaired) electrons. The smallest absolute Gasteiger partial charge is 0.0540 e. The summed E-state index contributed by atoms with van der Waals surface area (Å²) in [5.74, 6) is 0. The third-order valence-corrected chi connectivity index (χ3v) is 3.34. The summed E-state index contributed by atoms with van der Waals surface area (Å²) < 4.78 is 2.10. The Morgan fingerprint density at radius 3 is 2.76 bits per heavy atom. The fraction of sp³-hybridized carbons (Fsp3) is 0.357. The van der Waals surface area contributed by atoms with Crippen LogP contribution in [0.15, 0.2) is 36.5 Å².